The van der Waals surface area contributed by atoms with Crippen LogP contribution in [0, 0.1) is 0 Å². The lowest BCUT2D eigenvalue weighted by molar-refractivity contribution is -0.280. The Morgan fingerprint density at radius 2 is 2.21 bits per heavy atom. The number of alkyl halides is 1. The van der Waals surface area contributed by atoms with Gasteiger partial charge in [0.05, 0.1) is 26.0 Å². The van der Waals surface area contributed by atoms with Crippen LogP contribution in [0.2, 0.25) is 0 Å². The molecule has 0 radical (unpaired) electrons. The minimum atomic E-state index is -1.34. The standard InChI is InChI=1S/C15H21ClN6O6/c16-2-4-27-14-11(13(26)12(25)9(7-23)28-14)22-6-8(20-21-22)5-18-15-17-3-1-10(24)19-15/h1,3,6,9,11-14,23,25-26H,2,4-5,7H2,(H2,17,18,19,24). The number of aromatic nitrogens is 5. The number of rotatable bonds is 8. The molecule has 12 nitrogen and oxygen atoms in total. The third-order valence-electron chi connectivity index (χ3n) is 4.18. The van der Waals surface area contributed by atoms with Gasteiger partial charge in [-0.25, -0.2) is 9.67 Å². The summed E-state index contributed by atoms with van der Waals surface area (Å²) in [6, 6.07) is 0.384. The normalized spacial score (nSPS) is 27.6. The largest absolute Gasteiger partial charge is 0.394 e. The second-order valence-corrected chi connectivity index (χ2v) is 6.46. The first kappa shape index (κ1) is 20.6. The van der Waals surface area contributed by atoms with E-state index in [-0.39, 0.29) is 30.5 Å². The first-order valence-electron chi connectivity index (χ1n) is 8.53. The van der Waals surface area contributed by atoms with Gasteiger partial charge in [0.1, 0.15) is 30.0 Å². The van der Waals surface area contributed by atoms with E-state index in [4.69, 9.17) is 21.1 Å². The number of aliphatic hydroxyl groups is 3. The van der Waals surface area contributed by atoms with E-state index in [9.17, 15) is 20.1 Å². The molecular weight excluding hydrogens is 396 g/mol. The Kier molecular flexibility index (Phi) is 6.93. The van der Waals surface area contributed by atoms with Crippen molar-refractivity contribution >= 4 is 17.5 Å². The van der Waals surface area contributed by atoms with Crippen LogP contribution in [0.3, 0.4) is 0 Å². The Hall–Kier alpha value is -2.09. The molecule has 1 saturated heterocycles. The number of ether oxygens (including phenoxy) is 2. The van der Waals surface area contributed by atoms with Gasteiger partial charge in [-0.1, -0.05) is 5.21 Å². The van der Waals surface area contributed by atoms with Gasteiger partial charge in [0.2, 0.25) is 5.95 Å². The second kappa shape index (κ2) is 9.41. The van der Waals surface area contributed by atoms with Crippen molar-refractivity contribution in [2.75, 3.05) is 24.4 Å². The van der Waals surface area contributed by atoms with E-state index in [2.05, 4.69) is 25.6 Å². The van der Waals surface area contributed by atoms with Crippen molar-refractivity contribution in [3.8, 4) is 0 Å². The number of hydrogen-bond acceptors (Lipinski definition) is 10. The van der Waals surface area contributed by atoms with Gasteiger partial charge >= 0.3 is 0 Å². The summed E-state index contributed by atoms with van der Waals surface area (Å²) in [4.78, 5) is 17.8. The topological polar surface area (TPSA) is 168 Å². The minimum Gasteiger partial charge on any atom is -0.394 e. The lowest BCUT2D eigenvalue weighted by Crippen LogP contribution is -2.57. The third kappa shape index (κ3) is 4.66. The molecule has 5 atom stereocenters. The highest BCUT2D eigenvalue weighted by atomic mass is 35.5. The van der Waals surface area contributed by atoms with E-state index in [0.29, 0.717) is 5.69 Å². The van der Waals surface area contributed by atoms with Crippen LogP contribution in [-0.4, -0.2) is 84.0 Å². The Bertz CT molecular complexity index is 818. The highest BCUT2D eigenvalue weighted by molar-refractivity contribution is 6.17. The molecule has 2 aromatic heterocycles. The molecule has 1 fully saturated rings. The molecular formula is C15H21ClN6O6. The first-order chi connectivity index (χ1) is 13.5. The molecule has 2 aromatic rings. The SMILES string of the molecule is O=c1ccnc(NCc2cn(C3C(OCCCl)OC(CO)C(O)C3O)nn2)[nH]1. The van der Waals surface area contributed by atoms with Gasteiger partial charge in [-0.05, 0) is 0 Å². The maximum absolute atomic E-state index is 11.3. The zero-order valence-corrected chi connectivity index (χ0v) is 15.4. The van der Waals surface area contributed by atoms with E-state index < -0.39 is 37.3 Å². The number of anilines is 1. The number of halogens is 1. The molecule has 5 N–H and O–H groups in total. The number of aromatic amines is 1. The molecule has 0 aliphatic carbocycles. The number of aliphatic hydroxyl groups excluding tert-OH is 3. The van der Waals surface area contributed by atoms with Crippen LogP contribution in [0.1, 0.15) is 11.7 Å². The van der Waals surface area contributed by atoms with E-state index in [1.165, 1.54) is 23.1 Å². The van der Waals surface area contributed by atoms with Crippen molar-refractivity contribution in [3.05, 3.63) is 34.5 Å². The minimum absolute atomic E-state index is 0.139. The predicted octanol–water partition coefficient (Wildman–Crippen LogP) is -1.79. The summed E-state index contributed by atoms with van der Waals surface area (Å²) in [6.07, 6.45) is -1.75. The Labute approximate surface area is 164 Å². The van der Waals surface area contributed by atoms with Gasteiger partial charge in [-0.3, -0.25) is 9.78 Å². The summed E-state index contributed by atoms with van der Waals surface area (Å²) in [5.74, 6) is 0.469. The van der Waals surface area contributed by atoms with Crippen molar-refractivity contribution < 1.29 is 24.8 Å². The number of H-pyrrole nitrogens is 1. The summed E-state index contributed by atoms with van der Waals surface area (Å²) in [7, 11) is 0. The molecule has 0 spiro atoms. The second-order valence-electron chi connectivity index (χ2n) is 6.08. The molecule has 1 aliphatic heterocycles. The molecule has 1 aliphatic rings. The maximum Gasteiger partial charge on any atom is 0.252 e. The zero-order valence-electron chi connectivity index (χ0n) is 14.7. The smallest absolute Gasteiger partial charge is 0.252 e. The molecule has 5 unspecified atom stereocenters. The fraction of sp³-hybridized carbons (Fsp3) is 0.600. The quantitative estimate of drug-likeness (QED) is 0.310. The summed E-state index contributed by atoms with van der Waals surface area (Å²) < 4.78 is 12.4. The molecule has 0 amide bonds. The summed E-state index contributed by atoms with van der Waals surface area (Å²) in [5, 5.41) is 40.9. The number of hydrogen-bond donors (Lipinski definition) is 5. The van der Waals surface area contributed by atoms with Crippen molar-refractivity contribution in [1.82, 2.24) is 25.0 Å². The van der Waals surface area contributed by atoms with E-state index in [0.717, 1.165) is 0 Å². The Morgan fingerprint density at radius 1 is 1.39 bits per heavy atom. The van der Waals surface area contributed by atoms with Gasteiger partial charge in [-0.2, -0.15) is 0 Å². The first-order valence-corrected chi connectivity index (χ1v) is 9.07. The fourth-order valence-electron chi connectivity index (χ4n) is 2.82. The molecule has 3 heterocycles. The molecule has 0 bridgehead atoms. The maximum atomic E-state index is 11.3. The lowest BCUT2D eigenvalue weighted by Gasteiger charge is -2.41. The van der Waals surface area contributed by atoms with Gasteiger partial charge in [0.15, 0.2) is 6.29 Å². The summed E-state index contributed by atoms with van der Waals surface area (Å²) in [6.45, 7) is -0.147. The Morgan fingerprint density at radius 3 is 2.93 bits per heavy atom. The van der Waals surface area contributed by atoms with Gasteiger partial charge in [0.25, 0.3) is 5.56 Å². The molecule has 0 saturated carbocycles. The molecule has 154 valence electrons. The average molecular weight is 417 g/mol. The van der Waals surface area contributed by atoms with Crippen molar-refractivity contribution in [2.45, 2.75) is 37.2 Å². The average Bonchev–Trinajstić information content (AvgIpc) is 3.15. The summed E-state index contributed by atoms with van der Waals surface area (Å²) in [5.41, 5.74) is 0.184. The molecule has 0 aromatic carbocycles. The highest BCUT2D eigenvalue weighted by Gasteiger charge is 2.46. The van der Waals surface area contributed by atoms with Crippen molar-refractivity contribution in [3.63, 3.8) is 0 Å². The lowest BCUT2D eigenvalue weighted by atomic mass is 9.97. The van der Waals surface area contributed by atoms with Gasteiger partial charge < -0.3 is 30.1 Å². The molecule has 3 rings (SSSR count). The monoisotopic (exact) mass is 416 g/mol. The van der Waals surface area contributed by atoms with E-state index >= 15 is 0 Å². The fourth-order valence-corrected chi connectivity index (χ4v) is 2.91. The number of nitrogens with one attached hydrogen (secondary N) is 2. The van der Waals surface area contributed by atoms with E-state index in [1.54, 1.807) is 0 Å². The van der Waals surface area contributed by atoms with Crippen molar-refractivity contribution in [2.24, 2.45) is 0 Å². The van der Waals surface area contributed by atoms with Gasteiger partial charge in [-0.15, -0.1) is 16.7 Å². The van der Waals surface area contributed by atoms with Crippen LogP contribution < -0.4 is 10.9 Å². The van der Waals surface area contributed by atoms with Crippen molar-refractivity contribution in [1.29, 1.82) is 0 Å². The highest BCUT2D eigenvalue weighted by Crippen LogP contribution is 2.30. The zero-order chi connectivity index (χ0) is 20.1. The molecule has 13 heteroatoms. The molecule has 28 heavy (non-hydrogen) atoms. The van der Waals surface area contributed by atoms with Crippen LogP contribution in [-0.2, 0) is 16.0 Å². The van der Waals surface area contributed by atoms with Gasteiger partial charge in [0, 0.05) is 18.1 Å². The van der Waals surface area contributed by atoms with E-state index in [1.807, 2.05) is 0 Å². The summed E-state index contributed by atoms with van der Waals surface area (Å²) >= 11 is 5.65. The Balaban J connectivity index is 1.73. The number of nitrogens with zero attached hydrogens (tertiary/aromatic N) is 4. The van der Waals surface area contributed by atoms with Crippen LogP contribution in [0.15, 0.2) is 23.3 Å². The van der Waals surface area contributed by atoms with Crippen LogP contribution in [0.5, 0.6) is 0 Å². The van der Waals surface area contributed by atoms with Crippen LogP contribution >= 0.6 is 11.6 Å². The van der Waals surface area contributed by atoms with Crippen LogP contribution in [0.25, 0.3) is 0 Å². The predicted molar refractivity (Wildman–Crippen MR) is 95.7 cm³/mol. The third-order valence-corrected chi connectivity index (χ3v) is 4.33. The van der Waals surface area contributed by atoms with Crippen LogP contribution in [0.4, 0.5) is 5.95 Å².